The van der Waals surface area contributed by atoms with E-state index in [0.717, 1.165) is 46.8 Å². The third-order valence-electron chi connectivity index (χ3n) is 9.34. The van der Waals surface area contributed by atoms with Crippen molar-refractivity contribution in [3.05, 3.63) is 76.1 Å². The van der Waals surface area contributed by atoms with Gasteiger partial charge in [-0.05, 0) is 62.0 Å². The van der Waals surface area contributed by atoms with Crippen molar-refractivity contribution in [2.45, 2.75) is 50.4 Å². The van der Waals surface area contributed by atoms with E-state index in [9.17, 15) is 19.7 Å². The van der Waals surface area contributed by atoms with E-state index in [1.165, 1.54) is 4.90 Å². The highest BCUT2D eigenvalue weighted by molar-refractivity contribution is 6.35. The Labute approximate surface area is 267 Å². The fraction of sp³-hybridized carbons (Fsp3) is 0.412. The number of likely N-dealkylation sites (tertiary alicyclic amines) is 1. The molecule has 0 spiro atoms. The molecule has 2 fully saturated rings. The summed E-state index contributed by atoms with van der Waals surface area (Å²) in [7, 11) is 2.07. The van der Waals surface area contributed by atoms with Gasteiger partial charge in [0.2, 0.25) is 5.88 Å². The molecule has 2 unspecified atom stereocenters. The van der Waals surface area contributed by atoms with Crippen LogP contribution in [0.5, 0.6) is 5.88 Å². The maximum Gasteiger partial charge on any atom is 0.282 e. The number of carbonyl (C=O) groups excluding carboxylic acids is 1. The van der Waals surface area contributed by atoms with E-state index in [2.05, 4.69) is 40.9 Å². The summed E-state index contributed by atoms with van der Waals surface area (Å²) in [6.45, 7) is 6.14. The number of carbonyl (C=O) groups is 1. The number of aromatic nitrogens is 1. The van der Waals surface area contributed by atoms with E-state index in [4.69, 9.17) is 21.3 Å². The average Bonchev–Trinajstić information content (AvgIpc) is 3.47. The van der Waals surface area contributed by atoms with Crippen LogP contribution in [0.1, 0.15) is 47.6 Å². The predicted molar refractivity (Wildman–Crippen MR) is 171 cm³/mol. The quantitative estimate of drug-likeness (QED) is 0.363. The lowest BCUT2D eigenvalue weighted by Crippen LogP contribution is -2.57. The summed E-state index contributed by atoms with van der Waals surface area (Å²) in [5.41, 5.74) is 3.03. The van der Waals surface area contributed by atoms with Gasteiger partial charge in [-0.3, -0.25) is 4.79 Å². The maximum absolute atomic E-state index is 14.4. The SMILES string of the molecule is C=C(F)C(=O)N1CC(c2cccc3cccc(Cl)c23)N(c2nc(OC[C@@H]3CCCN3C)c(C#N)c3c2CCNC3)CC1CC#N. The Balaban J connectivity index is 1.53. The minimum Gasteiger partial charge on any atom is -0.475 e. The van der Waals surface area contributed by atoms with E-state index in [1.807, 2.05) is 36.4 Å². The Bertz CT molecular complexity index is 1730. The lowest BCUT2D eigenvalue weighted by atomic mass is 9.91. The molecule has 3 aliphatic rings. The van der Waals surface area contributed by atoms with E-state index < -0.39 is 23.8 Å². The number of likely N-dealkylation sites (N-methyl/N-ethyl adjacent to an activating group) is 1. The van der Waals surface area contributed by atoms with Gasteiger partial charge in [-0.2, -0.15) is 15.5 Å². The van der Waals surface area contributed by atoms with Crippen LogP contribution in [0, 0.1) is 22.7 Å². The normalized spacial score (nSPS) is 21.7. The van der Waals surface area contributed by atoms with Crippen LogP contribution in [-0.4, -0.2) is 72.6 Å². The fourth-order valence-corrected chi connectivity index (χ4v) is 7.30. The van der Waals surface area contributed by atoms with Crippen LogP contribution in [0.25, 0.3) is 10.8 Å². The minimum atomic E-state index is -1.08. The molecule has 0 bridgehead atoms. The van der Waals surface area contributed by atoms with Gasteiger partial charge in [-0.1, -0.05) is 48.5 Å². The van der Waals surface area contributed by atoms with E-state index in [1.54, 1.807) is 0 Å². The highest BCUT2D eigenvalue weighted by Gasteiger charge is 2.41. The Kier molecular flexibility index (Phi) is 8.91. The summed E-state index contributed by atoms with van der Waals surface area (Å²) in [5.74, 6) is -0.996. The van der Waals surface area contributed by atoms with Crippen molar-refractivity contribution in [1.82, 2.24) is 20.1 Å². The molecule has 6 rings (SSSR count). The number of nitrogens with zero attached hydrogens (tertiary/aromatic N) is 6. The van der Waals surface area contributed by atoms with Gasteiger partial charge in [0.1, 0.15) is 24.1 Å². The monoisotopic (exact) mass is 627 g/mol. The first-order chi connectivity index (χ1) is 21.8. The molecule has 9 nitrogen and oxygen atoms in total. The lowest BCUT2D eigenvalue weighted by Gasteiger charge is -2.47. The highest BCUT2D eigenvalue weighted by atomic mass is 35.5. The summed E-state index contributed by atoms with van der Waals surface area (Å²) >= 11 is 6.80. The molecule has 0 radical (unpaired) electrons. The van der Waals surface area contributed by atoms with Crippen molar-refractivity contribution < 1.29 is 13.9 Å². The fourth-order valence-electron chi connectivity index (χ4n) is 7.01. The molecule has 2 saturated heterocycles. The number of hydrogen-bond donors (Lipinski definition) is 1. The molecule has 11 heteroatoms. The second-order valence-electron chi connectivity index (χ2n) is 11.9. The number of nitriles is 2. The van der Waals surface area contributed by atoms with E-state index in [0.29, 0.717) is 42.5 Å². The molecule has 2 aromatic carbocycles. The zero-order valence-corrected chi connectivity index (χ0v) is 26.0. The first-order valence-electron chi connectivity index (χ1n) is 15.3. The maximum atomic E-state index is 14.4. The van der Waals surface area contributed by atoms with Crippen LogP contribution >= 0.6 is 11.6 Å². The van der Waals surface area contributed by atoms with Gasteiger partial charge in [0, 0.05) is 41.6 Å². The zero-order valence-electron chi connectivity index (χ0n) is 25.2. The minimum absolute atomic E-state index is 0.00404. The second-order valence-corrected chi connectivity index (χ2v) is 12.3. The number of amides is 1. The molecule has 0 saturated carbocycles. The molecular formula is C34H35ClFN7O2. The Morgan fingerprint density at radius 2 is 2.00 bits per heavy atom. The molecule has 1 aromatic heterocycles. The predicted octanol–water partition coefficient (Wildman–Crippen LogP) is 5.03. The first-order valence-corrected chi connectivity index (χ1v) is 15.7. The van der Waals surface area contributed by atoms with E-state index in [-0.39, 0.29) is 31.4 Å². The van der Waals surface area contributed by atoms with Crippen LogP contribution in [0.3, 0.4) is 0 Å². The Hall–Kier alpha value is -4.22. The number of ether oxygens (including phenoxy) is 1. The standard InChI is InChI=1S/C34H35ClFN7O2/c1-21(36)34(44)42-19-30(26-9-3-6-22-7-4-10-29(35)31(22)26)43(18-23(42)11-13-37)32-25-12-14-39-17-28(25)27(16-38)33(40-32)45-20-24-8-5-15-41(24)2/h3-4,6-7,9-10,23-24,30,39H,1,5,8,11-12,14-15,17-20H2,2H3/t23?,24-,30?/m0/s1. The Morgan fingerprint density at radius 3 is 2.71 bits per heavy atom. The molecule has 45 heavy (non-hydrogen) atoms. The molecular weight excluding hydrogens is 593 g/mol. The van der Waals surface area contributed by atoms with Crippen LogP contribution in [-0.2, 0) is 17.8 Å². The number of halogens is 2. The van der Waals surface area contributed by atoms with Gasteiger partial charge in [0.05, 0.1) is 24.6 Å². The number of fused-ring (bicyclic) bond motifs is 2. The number of hydrogen-bond acceptors (Lipinski definition) is 8. The van der Waals surface area contributed by atoms with Crippen molar-refractivity contribution in [2.75, 3.05) is 44.7 Å². The first kappa shape index (κ1) is 30.8. The molecule has 0 aliphatic carbocycles. The average molecular weight is 628 g/mol. The van der Waals surface area contributed by atoms with Crippen molar-refractivity contribution in [2.24, 2.45) is 0 Å². The van der Waals surface area contributed by atoms with Gasteiger partial charge in [-0.15, -0.1) is 0 Å². The van der Waals surface area contributed by atoms with Gasteiger partial charge >= 0.3 is 0 Å². The smallest absolute Gasteiger partial charge is 0.282 e. The Morgan fingerprint density at radius 1 is 1.20 bits per heavy atom. The van der Waals surface area contributed by atoms with Crippen LogP contribution in [0.2, 0.25) is 5.02 Å². The topological polar surface area (TPSA) is 109 Å². The number of pyridine rings is 1. The summed E-state index contributed by atoms with van der Waals surface area (Å²) in [6.07, 6.45) is 2.72. The zero-order chi connectivity index (χ0) is 31.7. The summed E-state index contributed by atoms with van der Waals surface area (Å²) in [6, 6.07) is 15.2. The van der Waals surface area contributed by atoms with Crippen LogP contribution in [0.4, 0.5) is 10.2 Å². The largest absolute Gasteiger partial charge is 0.475 e. The van der Waals surface area contributed by atoms with Crippen molar-refractivity contribution in [1.29, 1.82) is 10.5 Å². The van der Waals surface area contributed by atoms with Crippen LogP contribution in [0.15, 0.2) is 48.8 Å². The molecule has 3 aromatic rings. The summed E-state index contributed by atoms with van der Waals surface area (Å²) < 4.78 is 20.7. The molecule has 1 N–H and O–H groups in total. The van der Waals surface area contributed by atoms with E-state index >= 15 is 0 Å². The number of piperazine rings is 1. The molecule has 3 aliphatic heterocycles. The van der Waals surface area contributed by atoms with Crippen molar-refractivity contribution >= 4 is 34.1 Å². The summed E-state index contributed by atoms with van der Waals surface area (Å²) in [4.78, 5) is 24.0. The number of rotatable bonds is 7. The number of anilines is 1. The number of nitrogens with one attached hydrogen (secondary N) is 1. The molecule has 1 amide bonds. The number of benzene rings is 2. The van der Waals surface area contributed by atoms with Gasteiger partial charge in [-0.25, -0.2) is 4.39 Å². The molecule has 232 valence electrons. The van der Waals surface area contributed by atoms with Crippen molar-refractivity contribution in [3.63, 3.8) is 0 Å². The van der Waals surface area contributed by atoms with Gasteiger partial charge in [0.25, 0.3) is 5.91 Å². The highest BCUT2D eigenvalue weighted by Crippen LogP contribution is 2.42. The second kappa shape index (κ2) is 13.0. The van der Waals surface area contributed by atoms with Crippen LogP contribution < -0.4 is 15.0 Å². The lowest BCUT2D eigenvalue weighted by molar-refractivity contribution is -0.132. The van der Waals surface area contributed by atoms with Crippen molar-refractivity contribution in [3.8, 4) is 18.0 Å². The molecule has 3 atom stereocenters. The molecule has 4 heterocycles. The van der Waals surface area contributed by atoms with Gasteiger partial charge in [0.15, 0.2) is 5.83 Å². The third-order valence-corrected chi connectivity index (χ3v) is 9.65. The summed E-state index contributed by atoms with van der Waals surface area (Å²) in [5, 5.41) is 25.7. The van der Waals surface area contributed by atoms with Gasteiger partial charge < -0.3 is 24.8 Å². The third kappa shape index (κ3) is 5.82.